The molecule has 4 aromatic rings. The van der Waals surface area contributed by atoms with Crippen LogP contribution in [0, 0.1) is 6.92 Å². The number of aromatic nitrogens is 3. The number of aryl methyl sites for hydroxylation is 1. The normalized spacial score (nSPS) is 11.1. The fraction of sp³-hybridized carbons (Fsp3) is 0.227. The number of amides is 1. The molecule has 1 amide bonds. The number of nitrogens with zero attached hydrogens (tertiary/aromatic N) is 4. The summed E-state index contributed by atoms with van der Waals surface area (Å²) in [4.78, 5) is 14.4. The number of benzene rings is 2. The van der Waals surface area contributed by atoms with Gasteiger partial charge in [-0.15, -0.1) is 10.2 Å². The molecular formula is C22H23N5OS. The van der Waals surface area contributed by atoms with Crippen molar-refractivity contribution in [1.29, 1.82) is 0 Å². The van der Waals surface area contributed by atoms with E-state index in [0.717, 1.165) is 38.5 Å². The molecule has 0 radical (unpaired) electrons. The molecule has 0 fully saturated rings. The van der Waals surface area contributed by atoms with Crippen LogP contribution in [0.4, 0.5) is 5.69 Å². The summed E-state index contributed by atoms with van der Waals surface area (Å²) >= 11 is 1.40. The molecule has 148 valence electrons. The lowest BCUT2D eigenvalue weighted by Crippen LogP contribution is -2.24. The molecule has 29 heavy (non-hydrogen) atoms. The van der Waals surface area contributed by atoms with Gasteiger partial charge in [0.1, 0.15) is 0 Å². The number of fused-ring (bicyclic) bond motifs is 3. The van der Waals surface area contributed by atoms with Gasteiger partial charge >= 0.3 is 0 Å². The third-order valence-corrected chi connectivity index (χ3v) is 5.78. The minimum absolute atomic E-state index is 0.0279. The maximum absolute atomic E-state index is 12.3. The lowest BCUT2D eigenvalue weighted by Gasteiger charge is -2.13. The van der Waals surface area contributed by atoms with Crippen LogP contribution in [0.1, 0.15) is 11.1 Å². The van der Waals surface area contributed by atoms with Crippen LogP contribution in [0.2, 0.25) is 0 Å². The summed E-state index contributed by atoms with van der Waals surface area (Å²) in [6.45, 7) is 2.58. The molecule has 6 nitrogen and oxygen atoms in total. The van der Waals surface area contributed by atoms with E-state index >= 15 is 0 Å². The Labute approximate surface area is 173 Å². The van der Waals surface area contributed by atoms with E-state index in [0.29, 0.717) is 12.3 Å². The fourth-order valence-electron chi connectivity index (χ4n) is 3.26. The van der Waals surface area contributed by atoms with Crippen molar-refractivity contribution in [2.45, 2.75) is 18.6 Å². The van der Waals surface area contributed by atoms with Crippen LogP contribution in [0.25, 0.3) is 16.6 Å². The molecular weight excluding hydrogens is 382 g/mol. The SMILES string of the molecule is Cc1cc2nnc(SCC(=O)NCc3ccc(N(C)C)cc3)n2c2ccccc12. The van der Waals surface area contributed by atoms with Crippen molar-refractivity contribution in [1.82, 2.24) is 19.9 Å². The predicted octanol–water partition coefficient (Wildman–Crippen LogP) is 3.67. The molecule has 0 saturated heterocycles. The molecule has 0 unspecified atom stereocenters. The van der Waals surface area contributed by atoms with E-state index in [-0.39, 0.29) is 5.91 Å². The average molecular weight is 406 g/mol. The van der Waals surface area contributed by atoms with Gasteiger partial charge in [-0.2, -0.15) is 0 Å². The highest BCUT2D eigenvalue weighted by Crippen LogP contribution is 2.25. The zero-order valence-electron chi connectivity index (χ0n) is 16.7. The Hall–Kier alpha value is -3.06. The highest BCUT2D eigenvalue weighted by molar-refractivity contribution is 7.99. The molecule has 7 heteroatoms. The Bertz CT molecular complexity index is 1170. The summed E-state index contributed by atoms with van der Waals surface area (Å²) in [6, 6.07) is 18.4. The zero-order valence-corrected chi connectivity index (χ0v) is 17.5. The van der Waals surface area contributed by atoms with Gasteiger partial charge in [0.05, 0.1) is 11.3 Å². The first-order chi connectivity index (χ1) is 14.0. The van der Waals surface area contributed by atoms with Gasteiger partial charge in [0.15, 0.2) is 10.8 Å². The molecule has 0 aliphatic heterocycles. The van der Waals surface area contributed by atoms with E-state index in [1.54, 1.807) is 0 Å². The fourth-order valence-corrected chi connectivity index (χ4v) is 4.04. The van der Waals surface area contributed by atoms with Crippen molar-refractivity contribution < 1.29 is 4.79 Å². The van der Waals surface area contributed by atoms with Gasteiger partial charge < -0.3 is 10.2 Å². The zero-order chi connectivity index (χ0) is 20.4. The van der Waals surface area contributed by atoms with Gasteiger partial charge in [-0.1, -0.05) is 42.1 Å². The summed E-state index contributed by atoms with van der Waals surface area (Å²) < 4.78 is 2.01. The van der Waals surface area contributed by atoms with Crippen LogP contribution in [0.5, 0.6) is 0 Å². The lowest BCUT2D eigenvalue weighted by atomic mass is 10.1. The number of anilines is 1. The standard InChI is InChI=1S/C22H23N5OS/c1-15-12-20-24-25-22(27(20)19-7-5-4-6-18(15)19)29-14-21(28)23-13-16-8-10-17(11-9-16)26(2)3/h4-12H,13-14H2,1-3H3,(H,23,28). The number of hydrogen-bond donors (Lipinski definition) is 1. The summed E-state index contributed by atoms with van der Waals surface area (Å²) in [5.41, 5.74) is 5.22. The van der Waals surface area contributed by atoms with Crippen molar-refractivity contribution in [3.63, 3.8) is 0 Å². The highest BCUT2D eigenvalue weighted by Gasteiger charge is 2.13. The Morgan fingerprint density at radius 3 is 2.62 bits per heavy atom. The monoisotopic (exact) mass is 405 g/mol. The number of carbonyl (C=O) groups excluding carboxylic acids is 1. The van der Waals surface area contributed by atoms with Crippen LogP contribution >= 0.6 is 11.8 Å². The second-order valence-electron chi connectivity index (χ2n) is 7.15. The first-order valence-corrected chi connectivity index (χ1v) is 10.4. The van der Waals surface area contributed by atoms with Crippen LogP contribution in [-0.4, -0.2) is 40.4 Å². The third kappa shape index (κ3) is 4.05. The van der Waals surface area contributed by atoms with E-state index in [1.807, 2.05) is 65.9 Å². The van der Waals surface area contributed by atoms with Crippen molar-refractivity contribution in [2.24, 2.45) is 0 Å². The Balaban J connectivity index is 1.43. The first-order valence-electron chi connectivity index (χ1n) is 9.42. The van der Waals surface area contributed by atoms with Crippen LogP contribution in [-0.2, 0) is 11.3 Å². The predicted molar refractivity (Wildman–Crippen MR) is 119 cm³/mol. The molecule has 0 aliphatic rings. The maximum Gasteiger partial charge on any atom is 0.230 e. The molecule has 1 N–H and O–H groups in total. The summed E-state index contributed by atoms with van der Waals surface area (Å²) in [6.07, 6.45) is 0. The van der Waals surface area contributed by atoms with Crippen LogP contribution in [0.15, 0.2) is 59.8 Å². The minimum atomic E-state index is -0.0279. The van der Waals surface area contributed by atoms with E-state index in [2.05, 4.69) is 34.6 Å². The van der Waals surface area contributed by atoms with Crippen molar-refractivity contribution in [3.8, 4) is 0 Å². The largest absolute Gasteiger partial charge is 0.378 e. The van der Waals surface area contributed by atoms with Crippen molar-refractivity contribution >= 4 is 39.9 Å². The maximum atomic E-state index is 12.3. The quantitative estimate of drug-likeness (QED) is 0.496. The Morgan fingerprint density at radius 1 is 1.10 bits per heavy atom. The number of rotatable bonds is 6. The molecule has 0 aliphatic carbocycles. The van der Waals surface area contributed by atoms with Crippen molar-refractivity contribution in [3.05, 3.63) is 65.7 Å². The molecule has 2 aromatic heterocycles. The minimum Gasteiger partial charge on any atom is -0.378 e. The Morgan fingerprint density at radius 2 is 1.86 bits per heavy atom. The number of para-hydroxylation sites is 1. The Kier molecular flexibility index (Phi) is 5.40. The third-order valence-electron chi connectivity index (χ3n) is 4.85. The van der Waals surface area contributed by atoms with Gasteiger partial charge in [-0.25, -0.2) is 0 Å². The van der Waals surface area contributed by atoms with Crippen molar-refractivity contribution in [2.75, 3.05) is 24.7 Å². The number of thioether (sulfide) groups is 1. The van der Waals surface area contributed by atoms with Gasteiger partial charge in [0, 0.05) is 31.7 Å². The smallest absolute Gasteiger partial charge is 0.230 e. The number of pyridine rings is 1. The molecule has 0 spiro atoms. The molecule has 0 saturated carbocycles. The van der Waals surface area contributed by atoms with Crippen LogP contribution in [0.3, 0.4) is 0 Å². The molecule has 2 aromatic carbocycles. The summed E-state index contributed by atoms with van der Waals surface area (Å²) in [5, 5.41) is 13.4. The van der Waals surface area contributed by atoms with Gasteiger partial charge in [-0.05, 0) is 42.3 Å². The van der Waals surface area contributed by atoms with Gasteiger partial charge in [0.25, 0.3) is 0 Å². The van der Waals surface area contributed by atoms with Gasteiger partial charge in [-0.3, -0.25) is 9.20 Å². The van der Waals surface area contributed by atoms with Crippen LogP contribution < -0.4 is 10.2 Å². The van der Waals surface area contributed by atoms with E-state index in [4.69, 9.17) is 0 Å². The molecule has 0 bridgehead atoms. The summed E-state index contributed by atoms with van der Waals surface area (Å²) in [7, 11) is 4.01. The van der Waals surface area contributed by atoms with E-state index in [1.165, 1.54) is 11.8 Å². The number of hydrogen-bond acceptors (Lipinski definition) is 5. The molecule has 4 rings (SSSR count). The summed E-state index contributed by atoms with van der Waals surface area (Å²) in [5.74, 6) is 0.263. The molecule has 2 heterocycles. The second-order valence-corrected chi connectivity index (χ2v) is 8.09. The highest BCUT2D eigenvalue weighted by atomic mass is 32.2. The topological polar surface area (TPSA) is 62.5 Å². The van der Waals surface area contributed by atoms with Gasteiger partial charge in [0.2, 0.25) is 5.91 Å². The average Bonchev–Trinajstić information content (AvgIpc) is 3.14. The van der Waals surface area contributed by atoms with E-state index < -0.39 is 0 Å². The first kappa shape index (κ1) is 19.3. The number of carbonyl (C=O) groups is 1. The number of nitrogens with one attached hydrogen (secondary N) is 1. The second kappa shape index (κ2) is 8.13. The van der Waals surface area contributed by atoms with E-state index in [9.17, 15) is 4.79 Å². The molecule has 0 atom stereocenters. The lowest BCUT2D eigenvalue weighted by molar-refractivity contribution is -0.118.